The van der Waals surface area contributed by atoms with Crippen LogP contribution in [-0.2, 0) is 4.79 Å². The topological polar surface area (TPSA) is 66.2 Å². The van der Waals surface area contributed by atoms with Gasteiger partial charge >= 0.3 is 0 Å². The molecule has 0 amide bonds. The monoisotopic (exact) mass is 186 g/mol. The van der Waals surface area contributed by atoms with Gasteiger partial charge in [-0.05, 0) is 24.7 Å². The van der Waals surface area contributed by atoms with E-state index in [4.69, 9.17) is 5.73 Å². The molecule has 0 heterocycles. The Hall–Kier alpha value is -0.570. The van der Waals surface area contributed by atoms with Crippen molar-refractivity contribution in [3.05, 3.63) is 0 Å². The lowest BCUT2D eigenvalue weighted by Gasteiger charge is -2.33. The van der Waals surface area contributed by atoms with E-state index in [-0.39, 0.29) is 11.8 Å². The van der Waals surface area contributed by atoms with Gasteiger partial charge in [-0.25, -0.2) is 0 Å². The molecule has 0 aliphatic carbocycles. The van der Waals surface area contributed by atoms with Crippen LogP contribution in [0.4, 0.5) is 0 Å². The summed E-state index contributed by atoms with van der Waals surface area (Å²) in [5.41, 5.74) is 4.63. The maximum absolute atomic E-state index is 10.9. The van der Waals surface area contributed by atoms with Gasteiger partial charge in [0.1, 0.15) is 0 Å². The van der Waals surface area contributed by atoms with Gasteiger partial charge < -0.3 is 15.6 Å². The smallest absolute Gasteiger partial charge is 0.0613 e. The van der Waals surface area contributed by atoms with E-state index in [0.717, 1.165) is 0 Å². The Balaban J connectivity index is 4.43. The van der Waals surface area contributed by atoms with Crippen molar-refractivity contribution in [1.29, 1.82) is 0 Å². The predicted octanol–water partition coefficient (Wildman–Crippen LogP) is 0.526. The van der Waals surface area contributed by atoms with Gasteiger partial charge in [0, 0.05) is 0 Å². The molecule has 0 saturated carbocycles. The maximum atomic E-state index is 10.9. The van der Waals surface area contributed by atoms with Crippen LogP contribution >= 0.6 is 0 Å². The van der Waals surface area contributed by atoms with Gasteiger partial charge in [-0.1, -0.05) is 27.7 Å². The molecular weight excluding hydrogens is 166 g/mol. The number of rotatable bonds is 5. The fraction of sp³-hybridized carbons (Fsp3) is 0.900. The molecular formula is C10H20NO2-. The van der Waals surface area contributed by atoms with Crippen LogP contribution in [0.3, 0.4) is 0 Å². The molecule has 0 atom stereocenters. The number of carbonyl (C=O) groups excluding carboxylic acids is 1. The van der Waals surface area contributed by atoms with E-state index in [0.29, 0.717) is 12.8 Å². The Bertz CT molecular complexity index is 166. The van der Waals surface area contributed by atoms with Crippen LogP contribution in [0.15, 0.2) is 0 Å². The zero-order chi connectivity index (χ0) is 10.6. The van der Waals surface area contributed by atoms with Crippen molar-refractivity contribution >= 4 is 5.97 Å². The largest absolute Gasteiger partial charge is 0.548 e. The normalized spacial score (nSPS) is 12.5. The quantitative estimate of drug-likeness (QED) is 0.681. The van der Waals surface area contributed by atoms with Crippen LogP contribution in [0.1, 0.15) is 40.5 Å². The summed E-state index contributed by atoms with van der Waals surface area (Å²) in [5, 5.41) is 10.9. The Morgan fingerprint density at radius 2 is 1.54 bits per heavy atom. The molecule has 0 aromatic carbocycles. The van der Waals surface area contributed by atoms with Gasteiger partial charge in [0.15, 0.2) is 0 Å². The number of nitrogens with two attached hydrogens (primary N) is 1. The standard InChI is InChI=1S/C10H21NO2/c1-7(2)5-10(11,9(12)13)6-8(3)4/h7-8H,5-6,11H2,1-4H3,(H,12,13)/p-1. The molecule has 0 rings (SSSR count). The highest BCUT2D eigenvalue weighted by Gasteiger charge is 2.28. The second-order valence-corrected chi connectivity index (χ2v) is 4.64. The maximum Gasteiger partial charge on any atom is 0.0613 e. The summed E-state index contributed by atoms with van der Waals surface area (Å²) in [6, 6.07) is 0. The van der Waals surface area contributed by atoms with Crippen molar-refractivity contribution in [2.75, 3.05) is 0 Å². The minimum atomic E-state index is -1.15. The molecule has 0 aromatic rings. The van der Waals surface area contributed by atoms with Crippen LogP contribution in [0, 0.1) is 11.8 Å². The molecule has 0 unspecified atom stereocenters. The Morgan fingerprint density at radius 1 is 1.23 bits per heavy atom. The van der Waals surface area contributed by atoms with Gasteiger partial charge in [-0.3, -0.25) is 0 Å². The summed E-state index contributed by atoms with van der Waals surface area (Å²) in [6.45, 7) is 7.85. The van der Waals surface area contributed by atoms with Gasteiger partial charge in [0.2, 0.25) is 0 Å². The van der Waals surface area contributed by atoms with Crippen LogP contribution < -0.4 is 10.8 Å². The van der Waals surface area contributed by atoms with E-state index >= 15 is 0 Å². The molecule has 0 saturated heterocycles. The molecule has 0 spiro atoms. The average Bonchev–Trinajstić information content (AvgIpc) is 1.82. The molecule has 0 radical (unpaired) electrons. The summed E-state index contributed by atoms with van der Waals surface area (Å²) in [4.78, 5) is 10.9. The Kier molecular flexibility index (Phi) is 4.40. The fourth-order valence-corrected chi connectivity index (χ4v) is 1.71. The van der Waals surface area contributed by atoms with Gasteiger partial charge in [-0.2, -0.15) is 0 Å². The molecule has 3 nitrogen and oxygen atoms in total. The van der Waals surface area contributed by atoms with Crippen molar-refractivity contribution in [3.63, 3.8) is 0 Å². The molecule has 2 N–H and O–H groups in total. The highest BCUT2D eigenvalue weighted by atomic mass is 16.4. The van der Waals surface area contributed by atoms with E-state index in [2.05, 4.69) is 0 Å². The lowest BCUT2D eigenvalue weighted by molar-refractivity contribution is -0.314. The van der Waals surface area contributed by atoms with E-state index in [1.54, 1.807) is 0 Å². The van der Waals surface area contributed by atoms with Crippen LogP contribution in [0.2, 0.25) is 0 Å². The minimum Gasteiger partial charge on any atom is -0.548 e. The fourth-order valence-electron chi connectivity index (χ4n) is 1.71. The number of aliphatic carboxylic acids is 1. The first-order valence-corrected chi connectivity index (χ1v) is 4.78. The van der Waals surface area contributed by atoms with E-state index < -0.39 is 11.5 Å². The first kappa shape index (κ1) is 12.4. The van der Waals surface area contributed by atoms with Crippen molar-refractivity contribution in [3.8, 4) is 0 Å². The zero-order valence-electron chi connectivity index (χ0n) is 8.96. The molecule has 78 valence electrons. The lowest BCUT2D eigenvalue weighted by Crippen LogP contribution is -2.56. The molecule has 3 heteroatoms. The van der Waals surface area contributed by atoms with Crippen LogP contribution in [-0.4, -0.2) is 11.5 Å². The molecule has 0 aliphatic heterocycles. The van der Waals surface area contributed by atoms with Crippen molar-refractivity contribution in [2.45, 2.75) is 46.1 Å². The third-order valence-electron chi connectivity index (χ3n) is 1.95. The minimum absolute atomic E-state index is 0.279. The second-order valence-electron chi connectivity index (χ2n) is 4.64. The number of hydrogen-bond acceptors (Lipinski definition) is 3. The summed E-state index contributed by atoms with van der Waals surface area (Å²) >= 11 is 0. The van der Waals surface area contributed by atoms with Crippen molar-refractivity contribution < 1.29 is 9.90 Å². The van der Waals surface area contributed by atoms with Crippen molar-refractivity contribution in [2.24, 2.45) is 17.6 Å². The van der Waals surface area contributed by atoms with E-state index in [1.807, 2.05) is 27.7 Å². The highest BCUT2D eigenvalue weighted by Crippen LogP contribution is 2.21. The van der Waals surface area contributed by atoms with Gasteiger partial charge in [0.05, 0.1) is 11.5 Å². The first-order chi connectivity index (χ1) is 5.78. The molecule has 0 aliphatic rings. The SMILES string of the molecule is CC(C)CC(N)(CC(C)C)C(=O)[O-]. The number of carboxylic acids is 1. The zero-order valence-corrected chi connectivity index (χ0v) is 8.96. The second kappa shape index (κ2) is 4.61. The summed E-state index contributed by atoms with van der Waals surface area (Å²) in [6.07, 6.45) is 0.959. The van der Waals surface area contributed by atoms with Gasteiger partial charge in [0.25, 0.3) is 0 Å². The van der Waals surface area contributed by atoms with Gasteiger partial charge in [-0.15, -0.1) is 0 Å². The summed E-state index contributed by atoms with van der Waals surface area (Å²) in [7, 11) is 0. The molecule has 0 aromatic heterocycles. The Morgan fingerprint density at radius 3 is 1.69 bits per heavy atom. The first-order valence-electron chi connectivity index (χ1n) is 4.78. The van der Waals surface area contributed by atoms with Crippen LogP contribution in [0.5, 0.6) is 0 Å². The Labute approximate surface area is 80.3 Å². The van der Waals surface area contributed by atoms with E-state index in [9.17, 15) is 9.90 Å². The number of hydrogen-bond donors (Lipinski definition) is 1. The summed E-state index contributed by atoms with van der Waals surface area (Å²) in [5.74, 6) is -0.571. The average molecular weight is 186 g/mol. The van der Waals surface area contributed by atoms with Crippen molar-refractivity contribution in [1.82, 2.24) is 0 Å². The lowest BCUT2D eigenvalue weighted by atomic mass is 9.83. The highest BCUT2D eigenvalue weighted by molar-refractivity contribution is 5.76. The third-order valence-corrected chi connectivity index (χ3v) is 1.95. The van der Waals surface area contributed by atoms with E-state index in [1.165, 1.54) is 0 Å². The predicted molar refractivity (Wildman–Crippen MR) is 50.8 cm³/mol. The molecule has 0 bridgehead atoms. The third kappa shape index (κ3) is 4.27. The number of carboxylic acid groups (broad SMARTS) is 1. The van der Waals surface area contributed by atoms with Crippen LogP contribution in [0.25, 0.3) is 0 Å². The number of carbonyl (C=O) groups is 1. The summed E-state index contributed by atoms with van der Waals surface area (Å²) < 4.78 is 0. The molecule has 0 fully saturated rings. The molecule has 13 heavy (non-hydrogen) atoms.